The van der Waals surface area contributed by atoms with Gasteiger partial charge in [0.2, 0.25) is 0 Å². The number of carbonyl (C=O) groups is 2. The third kappa shape index (κ3) is 3.09. The summed E-state index contributed by atoms with van der Waals surface area (Å²) in [4.78, 5) is 24.7. The number of hydrogen-bond donors (Lipinski definition) is 1. The van der Waals surface area contributed by atoms with Gasteiger partial charge in [0.05, 0.1) is 17.8 Å². The summed E-state index contributed by atoms with van der Waals surface area (Å²) in [5.74, 6) is -1.30. The predicted molar refractivity (Wildman–Crippen MR) is 78.3 cm³/mol. The second-order valence-corrected chi connectivity index (χ2v) is 5.81. The second-order valence-electron chi connectivity index (χ2n) is 5.81. The highest BCUT2D eigenvalue weighted by atomic mass is 16.4. The van der Waals surface area contributed by atoms with Gasteiger partial charge in [0, 0.05) is 12.7 Å². The number of likely N-dealkylation sites (N-methyl/N-ethyl adjacent to an activating group) is 1. The first kappa shape index (κ1) is 15.5. The van der Waals surface area contributed by atoms with Crippen LogP contribution >= 0.6 is 0 Å². The molecule has 1 atom stereocenters. The molecule has 0 saturated heterocycles. The van der Waals surface area contributed by atoms with Gasteiger partial charge < -0.3 is 10.0 Å². The smallest absolute Gasteiger partial charge is 0.326 e. The largest absolute Gasteiger partial charge is 0.480 e. The lowest BCUT2D eigenvalue weighted by molar-refractivity contribution is -0.141. The molecular formula is C15H23N3O3. The first-order valence-corrected chi connectivity index (χ1v) is 7.47. The molecule has 2 rings (SSSR count). The van der Waals surface area contributed by atoms with Crippen LogP contribution in [0.4, 0.5) is 0 Å². The van der Waals surface area contributed by atoms with Gasteiger partial charge in [0.1, 0.15) is 6.04 Å². The van der Waals surface area contributed by atoms with E-state index in [1.807, 2.05) is 11.6 Å². The van der Waals surface area contributed by atoms with Crippen molar-refractivity contribution in [2.24, 2.45) is 0 Å². The molecule has 1 unspecified atom stereocenters. The van der Waals surface area contributed by atoms with Crippen molar-refractivity contribution >= 4 is 11.9 Å². The van der Waals surface area contributed by atoms with Crippen LogP contribution in [0.3, 0.4) is 0 Å². The zero-order valence-electron chi connectivity index (χ0n) is 12.9. The van der Waals surface area contributed by atoms with Crippen molar-refractivity contribution in [3.05, 3.63) is 17.5 Å². The van der Waals surface area contributed by atoms with Crippen molar-refractivity contribution in [1.82, 2.24) is 14.7 Å². The molecule has 0 aromatic carbocycles. The molecule has 1 saturated carbocycles. The number of aromatic nitrogens is 2. The van der Waals surface area contributed by atoms with Gasteiger partial charge in [-0.1, -0.05) is 19.3 Å². The van der Waals surface area contributed by atoms with Gasteiger partial charge in [-0.25, -0.2) is 4.79 Å². The molecule has 0 spiro atoms. The molecule has 21 heavy (non-hydrogen) atoms. The highest BCUT2D eigenvalue weighted by Crippen LogP contribution is 2.29. The number of amides is 1. The Kier molecular flexibility index (Phi) is 4.65. The third-order valence-electron chi connectivity index (χ3n) is 4.45. The van der Waals surface area contributed by atoms with Crippen LogP contribution in [0.5, 0.6) is 0 Å². The maximum absolute atomic E-state index is 12.4. The first-order chi connectivity index (χ1) is 9.93. The Hall–Kier alpha value is -1.85. The molecule has 1 aliphatic rings. The van der Waals surface area contributed by atoms with E-state index in [0.29, 0.717) is 11.6 Å². The van der Waals surface area contributed by atoms with Crippen LogP contribution < -0.4 is 0 Å². The number of nitrogens with zero attached hydrogens (tertiary/aromatic N) is 3. The van der Waals surface area contributed by atoms with Crippen LogP contribution in [0, 0.1) is 6.92 Å². The van der Waals surface area contributed by atoms with E-state index < -0.39 is 12.0 Å². The lowest BCUT2D eigenvalue weighted by Gasteiger charge is -2.24. The average Bonchev–Trinajstić information content (AvgIpc) is 2.87. The van der Waals surface area contributed by atoms with Gasteiger partial charge in [-0.3, -0.25) is 9.48 Å². The van der Waals surface area contributed by atoms with Crippen molar-refractivity contribution < 1.29 is 14.7 Å². The van der Waals surface area contributed by atoms with E-state index in [1.54, 1.807) is 6.20 Å². The van der Waals surface area contributed by atoms with Crippen LogP contribution in [0.25, 0.3) is 0 Å². The highest BCUT2D eigenvalue weighted by Gasteiger charge is 2.27. The second kappa shape index (κ2) is 6.28. The number of carbonyl (C=O) groups excluding carboxylic acids is 1. The molecule has 6 nitrogen and oxygen atoms in total. The third-order valence-corrected chi connectivity index (χ3v) is 4.45. The van der Waals surface area contributed by atoms with Crippen molar-refractivity contribution in [3.63, 3.8) is 0 Å². The minimum atomic E-state index is -1.01. The Labute approximate surface area is 124 Å². The van der Waals surface area contributed by atoms with E-state index in [2.05, 4.69) is 5.10 Å². The molecule has 1 aromatic heterocycles. The average molecular weight is 293 g/mol. The Morgan fingerprint density at radius 3 is 2.57 bits per heavy atom. The van der Waals surface area contributed by atoms with E-state index in [0.717, 1.165) is 18.5 Å². The van der Waals surface area contributed by atoms with Crippen molar-refractivity contribution in [2.75, 3.05) is 7.05 Å². The zero-order valence-corrected chi connectivity index (χ0v) is 12.9. The summed E-state index contributed by atoms with van der Waals surface area (Å²) in [5.41, 5.74) is 1.33. The van der Waals surface area contributed by atoms with Crippen molar-refractivity contribution in [2.45, 2.75) is 58.0 Å². The standard InChI is InChI=1S/C15H23N3O3/c1-10-13(14(19)17(3)11(2)15(20)21)9-16-18(10)12-7-5-4-6-8-12/h9,11-12H,4-8H2,1-3H3,(H,20,21). The van der Waals surface area contributed by atoms with Gasteiger partial charge in [-0.2, -0.15) is 5.10 Å². The number of rotatable bonds is 4. The molecule has 1 heterocycles. The van der Waals surface area contributed by atoms with Crippen molar-refractivity contribution in [1.29, 1.82) is 0 Å². The maximum atomic E-state index is 12.4. The van der Waals surface area contributed by atoms with Gasteiger partial charge in [0.15, 0.2) is 0 Å². The summed E-state index contributed by atoms with van der Waals surface area (Å²) >= 11 is 0. The van der Waals surface area contributed by atoms with Gasteiger partial charge in [0.25, 0.3) is 5.91 Å². The number of carboxylic acid groups (broad SMARTS) is 1. The van der Waals surface area contributed by atoms with Crippen LogP contribution in [0.15, 0.2) is 6.20 Å². The topological polar surface area (TPSA) is 75.4 Å². The molecule has 6 heteroatoms. The molecular weight excluding hydrogens is 270 g/mol. The molecule has 1 N–H and O–H groups in total. The Bertz CT molecular complexity index is 532. The van der Waals surface area contributed by atoms with Crippen LogP contribution in [-0.2, 0) is 4.79 Å². The summed E-state index contributed by atoms with van der Waals surface area (Å²) in [6.45, 7) is 3.38. The molecule has 0 bridgehead atoms. The van der Waals surface area contributed by atoms with Gasteiger partial charge in [-0.05, 0) is 26.7 Å². The Morgan fingerprint density at radius 1 is 1.38 bits per heavy atom. The summed E-state index contributed by atoms with van der Waals surface area (Å²) in [6.07, 6.45) is 7.42. The summed E-state index contributed by atoms with van der Waals surface area (Å²) in [5, 5.41) is 13.4. The van der Waals surface area contributed by atoms with Gasteiger partial charge >= 0.3 is 5.97 Å². The molecule has 1 aromatic rings. The normalized spacial score (nSPS) is 17.5. The van der Waals surface area contributed by atoms with E-state index in [1.165, 1.54) is 38.1 Å². The van der Waals surface area contributed by atoms with E-state index in [9.17, 15) is 9.59 Å². The summed E-state index contributed by atoms with van der Waals surface area (Å²) < 4.78 is 1.94. The number of aliphatic carboxylic acids is 1. The van der Waals surface area contributed by atoms with Gasteiger partial charge in [-0.15, -0.1) is 0 Å². The predicted octanol–water partition coefficient (Wildman–Crippen LogP) is 2.24. The summed E-state index contributed by atoms with van der Waals surface area (Å²) in [6, 6.07) is -0.488. The Balaban J connectivity index is 2.19. The van der Waals surface area contributed by atoms with Crippen LogP contribution in [0.1, 0.15) is 61.1 Å². The minimum Gasteiger partial charge on any atom is -0.480 e. The fraction of sp³-hybridized carbons (Fsp3) is 0.667. The lowest BCUT2D eigenvalue weighted by atomic mass is 9.95. The van der Waals surface area contributed by atoms with Crippen molar-refractivity contribution in [3.8, 4) is 0 Å². The Morgan fingerprint density at radius 2 is 2.00 bits per heavy atom. The SMILES string of the molecule is Cc1c(C(=O)N(C)C(C)C(=O)O)cnn1C1CCCCC1. The van der Waals surface area contributed by atoms with Crippen LogP contribution in [-0.4, -0.2) is 44.8 Å². The zero-order chi connectivity index (χ0) is 15.6. The molecule has 116 valence electrons. The van der Waals surface area contributed by atoms with E-state index in [4.69, 9.17) is 5.11 Å². The molecule has 1 aliphatic carbocycles. The fourth-order valence-corrected chi connectivity index (χ4v) is 2.86. The molecule has 0 radical (unpaired) electrons. The summed E-state index contributed by atoms with van der Waals surface area (Å²) in [7, 11) is 1.51. The number of carboxylic acids is 1. The highest BCUT2D eigenvalue weighted by molar-refractivity contribution is 5.97. The number of hydrogen-bond acceptors (Lipinski definition) is 3. The minimum absolute atomic E-state index is 0.288. The monoisotopic (exact) mass is 293 g/mol. The van der Waals surface area contributed by atoms with E-state index in [-0.39, 0.29) is 5.91 Å². The lowest BCUT2D eigenvalue weighted by Crippen LogP contribution is -2.40. The quantitative estimate of drug-likeness (QED) is 0.923. The fourth-order valence-electron chi connectivity index (χ4n) is 2.86. The maximum Gasteiger partial charge on any atom is 0.326 e. The molecule has 1 amide bonds. The first-order valence-electron chi connectivity index (χ1n) is 7.47. The molecule has 0 aliphatic heterocycles. The molecule has 1 fully saturated rings. The van der Waals surface area contributed by atoms with E-state index >= 15 is 0 Å². The van der Waals surface area contributed by atoms with Crippen LogP contribution in [0.2, 0.25) is 0 Å².